The van der Waals surface area contributed by atoms with Gasteiger partial charge in [0.1, 0.15) is 23.3 Å². The number of benzene rings is 4. The van der Waals surface area contributed by atoms with Crippen LogP contribution in [0.5, 0.6) is 0 Å². The van der Waals surface area contributed by atoms with Gasteiger partial charge in [0.05, 0.1) is 24.3 Å². The number of carbonyl (C=O) groups is 4. The maximum absolute atomic E-state index is 13.3. The predicted molar refractivity (Wildman–Crippen MR) is 306 cm³/mol. The standard InChI is InChI=1S/2C32H37N3O5/c2*1-32(2,3)40-31(39)35-25(17-18-26(35)29(37)22-8-5-4-6-9-22)20-21-12-14-23(15-13-21)33-30(38)27-19-16-24-10-7-11-28(36)34(24)27/h2*4-15,25-27,29,37H,16-20H2,1-3H3,(H,33,38)/t25-,26+,27+,29+;25-,26+,27-,29+/m00/s1. The van der Waals surface area contributed by atoms with Gasteiger partial charge in [0.15, 0.2) is 0 Å². The Balaban J connectivity index is 0.000000194. The van der Waals surface area contributed by atoms with Gasteiger partial charge in [-0.3, -0.25) is 29.0 Å². The maximum Gasteiger partial charge on any atom is 0.410 e. The van der Waals surface area contributed by atoms with Crippen molar-refractivity contribution in [1.82, 2.24) is 18.9 Å². The van der Waals surface area contributed by atoms with Crippen LogP contribution in [0.2, 0.25) is 0 Å². The molecule has 0 spiro atoms. The number of pyridine rings is 2. The second-order valence-electron chi connectivity index (χ2n) is 23.4. The zero-order valence-corrected chi connectivity index (χ0v) is 46.5. The highest BCUT2D eigenvalue weighted by molar-refractivity contribution is 5.94. The first kappa shape index (κ1) is 56.9. The second kappa shape index (κ2) is 24.3. The minimum Gasteiger partial charge on any atom is -0.444 e. The molecule has 6 aromatic rings. The summed E-state index contributed by atoms with van der Waals surface area (Å²) >= 11 is 0. The molecule has 0 bridgehead atoms. The van der Waals surface area contributed by atoms with Crippen LogP contribution in [-0.4, -0.2) is 88.5 Å². The van der Waals surface area contributed by atoms with Crippen LogP contribution < -0.4 is 21.8 Å². The van der Waals surface area contributed by atoms with Gasteiger partial charge in [-0.1, -0.05) is 97.1 Å². The summed E-state index contributed by atoms with van der Waals surface area (Å²) in [6, 6.07) is 42.1. The number of aryl methyl sites for hydroxylation is 2. The molecule has 0 aliphatic carbocycles. The molecule has 4 amide bonds. The minimum atomic E-state index is -0.815. The van der Waals surface area contributed by atoms with Gasteiger partial charge in [-0.2, -0.15) is 0 Å². The number of likely N-dealkylation sites (tertiary alicyclic amines) is 2. The van der Waals surface area contributed by atoms with Crippen molar-refractivity contribution in [3.05, 3.63) is 200 Å². The lowest BCUT2D eigenvalue weighted by molar-refractivity contribution is -0.119. The second-order valence-corrected chi connectivity index (χ2v) is 23.4. The van der Waals surface area contributed by atoms with Crippen LogP contribution in [0.15, 0.2) is 155 Å². The van der Waals surface area contributed by atoms with Crippen molar-refractivity contribution in [1.29, 1.82) is 0 Å². The molecule has 2 aromatic heterocycles. The number of carbonyl (C=O) groups excluding carboxylic acids is 4. The third kappa shape index (κ3) is 13.4. The van der Waals surface area contributed by atoms with Crippen LogP contribution in [0.1, 0.15) is 138 Å². The quantitative estimate of drug-likeness (QED) is 0.0914. The number of rotatable bonds is 12. The largest absolute Gasteiger partial charge is 0.444 e. The Kier molecular flexibility index (Phi) is 17.3. The molecular formula is C64H74N6O10. The number of fused-ring (bicyclic) bond motifs is 2. The van der Waals surface area contributed by atoms with Gasteiger partial charge in [0.25, 0.3) is 11.1 Å². The summed E-state index contributed by atoms with van der Waals surface area (Å²) in [5, 5.41) is 28.3. The third-order valence-corrected chi connectivity index (χ3v) is 15.4. The predicted octanol–water partition coefficient (Wildman–Crippen LogP) is 10.0. The van der Waals surface area contributed by atoms with Gasteiger partial charge in [0, 0.05) is 47.0 Å². The summed E-state index contributed by atoms with van der Waals surface area (Å²) in [6.07, 6.45) is 4.10. The number of anilines is 2. The summed E-state index contributed by atoms with van der Waals surface area (Å²) in [4.78, 5) is 80.7. The Hall–Kier alpha value is -7.82. The van der Waals surface area contributed by atoms with Crippen molar-refractivity contribution in [2.45, 2.75) is 165 Å². The number of nitrogens with one attached hydrogen (secondary N) is 2. The van der Waals surface area contributed by atoms with Gasteiger partial charge >= 0.3 is 12.2 Å². The molecule has 6 heterocycles. The fourth-order valence-corrected chi connectivity index (χ4v) is 11.8. The monoisotopic (exact) mass is 1090 g/mol. The summed E-state index contributed by atoms with van der Waals surface area (Å²) in [5.41, 5.74) is 4.99. The topological polar surface area (TPSA) is 202 Å². The van der Waals surface area contributed by atoms with Crippen molar-refractivity contribution in [2.75, 3.05) is 10.6 Å². The summed E-state index contributed by atoms with van der Waals surface area (Å²) in [5.74, 6) is -0.408. The van der Waals surface area contributed by atoms with Crippen LogP contribution in [0.3, 0.4) is 0 Å². The fraction of sp³-hybridized carbons (Fsp3) is 0.406. The number of aromatic nitrogens is 2. The van der Waals surface area contributed by atoms with Gasteiger partial charge in [-0.15, -0.1) is 0 Å². The van der Waals surface area contributed by atoms with Gasteiger partial charge in [0.2, 0.25) is 11.8 Å². The number of hydrogen-bond donors (Lipinski definition) is 4. The zero-order chi connectivity index (χ0) is 56.9. The molecular weight excluding hydrogens is 1010 g/mol. The zero-order valence-electron chi connectivity index (χ0n) is 46.5. The van der Waals surface area contributed by atoms with Gasteiger partial charge < -0.3 is 39.5 Å². The number of nitrogens with zero attached hydrogens (tertiary/aromatic N) is 4. The van der Waals surface area contributed by atoms with E-state index in [0.717, 1.165) is 46.5 Å². The summed E-state index contributed by atoms with van der Waals surface area (Å²) in [7, 11) is 0. The Morgan fingerprint density at radius 3 is 1.20 bits per heavy atom. The highest BCUT2D eigenvalue weighted by Crippen LogP contribution is 2.38. The van der Waals surface area contributed by atoms with Crippen molar-refractivity contribution in [3.63, 3.8) is 0 Å². The molecule has 4 aliphatic rings. The average Bonchev–Trinajstić information content (AvgIpc) is 4.28. The van der Waals surface area contributed by atoms with E-state index < -0.39 is 59.8 Å². The van der Waals surface area contributed by atoms with Crippen LogP contribution in [0.25, 0.3) is 0 Å². The van der Waals surface area contributed by atoms with Gasteiger partial charge in [-0.05, 0) is 164 Å². The lowest BCUT2D eigenvalue weighted by Crippen LogP contribution is -2.47. The molecule has 0 unspecified atom stereocenters. The molecule has 0 saturated carbocycles. The van der Waals surface area contributed by atoms with Crippen molar-refractivity contribution in [3.8, 4) is 0 Å². The average molecular weight is 1090 g/mol. The van der Waals surface area contributed by atoms with Crippen molar-refractivity contribution in [2.24, 2.45) is 0 Å². The van der Waals surface area contributed by atoms with Crippen LogP contribution in [0, 0.1) is 0 Å². The Morgan fingerprint density at radius 1 is 0.487 bits per heavy atom. The van der Waals surface area contributed by atoms with E-state index in [0.29, 0.717) is 62.7 Å². The molecule has 10 rings (SSSR count). The molecule has 4 aromatic carbocycles. The fourth-order valence-electron chi connectivity index (χ4n) is 11.8. The number of aliphatic hydroxyl groups is 2. The lowest BCUT2D eigenvalue weighted by atomic mass is 10.0. The first-order valence-corrected chi connectivity index (χ1v) is 27.9. The number of amides is 4. The Bertz CT molecular complexity index is 3040. The maximum atomic E-state index is 13.3. The molecule has 16 heteroatoms. The smallest absolute Gasteiger partial charge is 0.410 e. The molecule has 0 radical (unpaired) electrons. The van der Waals surface area contributed by atoms with E-state index in [2.05, 4.69) is 10.6 Å². The van der Waals surface area contributed by atoms with Crippen LogP contribution >= 0.6 is 0 Å². The molecule has 16 nitrogen and oxygen atoms in total. The molecule has 4 aliphatic heterocycles. The number of aliphatic hydroxyl groups excluding tert-OH is 2. The van der Waals surface area contributed by atoms with E-state index >= 15 is 0 Å². The first-order valence-electron chi connectivity index (χ1n) is 27.9. The van der Waals surface area contributed by atoms with Crippen molar-refractivity contribution >= 4 is 35.4 Å². The normalized spacial score (nSPS) is 21.1. The minimum absolute atomic E-state index is 0.138. The number of ether oxygens (including phenoxy) is 2. The van der Waals surface area contributed by atoms with Crippen LogP contribution in [-0.2, 0) is 44.7 Å². The lowest BCUT2D eigenvalue weighted by Gasteiger charge is -2.35. The van der Waals surface area contributed by atoms with E-state index in [1.807, 2.05) is 163 Å². The molecule has 2 saturated heterocycles. The molecule has 8 atom stereocenters. The summed E-state index contributed by atoms with van der Waals surface area (Å²) in [6.45, 7) is 11.0. The van der Waals surface area contributed by atoms with E-state index in [1.165, 1.54) is 12.1 Å². The van der Waals surface area contributed by atoms with E-state index in [9.17, 15) is 39.0 Å². The van der Waals surface area contributed by atoms with Crippen molar-refractivity contribution < 1.29 is 38.9 Å². The Morgan fingerprint density at radius 2 is 0.850 bits per heavy atom. The molecule has 420 valence electrons. The van der Waals surface area contributed by atoms with E-state index in [1.54, 1.807) is 31.1 Å². The summed E-state index contributed by atoms with van der Waals surface area (Å²) < 4.78 is 14.7. The van der Waals surface area contributed by atoms with E-state index in [4.69, 9.17) is 9.47 Å². The highest BCUT2D eigenvalue weighted by atomic mass is 16.6. The van der Waals surface area contributed by atoms with Gasteiger partial charge in [-0.25, -0.2) is 9.59 Å². The SMILES string of the molecule is CC(C)(C)OC(=O)N1[C@H](Cc2ccc(NC(=O)[C@@H]3CCc4cccc(=O)n43)cc2)CC[C@@H]1[C@H](O)c1ccccc1.CC(C)(C)OC(=O)N1[C@H](Cc2ccc(NC(=O)[C@H]3CCc4cccc(=O)n43)cc2)CC[C@@H]1[C@H](O)c1ccccc1. The molecule has 4 N–H and O–H groups in total. The molecule has 2 fully saturated rings. The highest BCUT2D eigenvalue weighted by Gasteiger charge is 2.45. The Labute approximate surface area is 467 Å². The van der Waals surface area contributed by atoms with Crippen LogP contribution in [0.4, 0.5) is 21.0 Å². The first-order chi connectivity index (χ1) is 38.2. The third-order valence-electron chi connectivity index (χ3n) is 15.4. The molecule has 80 heavy (non-hydrogen) atoms. The number of hydrogen-bond acceptors (Lipinski definition) is 10. The van der Waals surface area contributed by atoms with E-state index in [-0.39, 0.29) is 35.0 Å².